The lowest BCUT2D eigenvalue weighted by Crippen LogP contribution is -2.44. The second-order valence-electron chi connectivity index (χ2n) is 11.7. The van der Waals surface area contributed by atoms with Crippen LogP contribution in [0.15, 0.2) is 97.1 Å². The first-order valence-corrected chi connectivity index (χ1v) is 18.5. The Morgan fingerprint density at radius 1 is 0.540 bits per heavy atom. The normalized spacial score (nSPS) is 13.9. The van der Waals surface area contributed by atoms with Crippen molar-refractivity contribution >= 4 is 45.7 Å². The summed E-state index contributed by atoms with van der Waals surface area (Å²) in [5, 5.41) is 5.20. The zero-order valence-corrected chi connectivity index (χ0v) is 29.1. The number of carbonyl (C=O) groups excluding carboxylic acids is 4. The summed E-state index contributed by atoms with van der Waals surface area (Å²) in [5.41, 5.74) is 8.73. The molecule has 12 heteroatoms. The predicted molar refractivity (Wildman–Crippen MR) is 193 cm³/mol. The van der Waals surface area contributed by atoms with Gasteiger partial charge in [-0.1, -0.05) is 119 Å². The minimum Gasteiger partial charge on any atom is -0.467 e. The largest absolute Gasteiger partial charge is 0.467 e. The second-order valence-corrected chi connectivity index (χ2v) is 14.2. The quantitative estimate of drug-likeness (QED) is 0.0684. The third-order valence-electron chi connectivity index (χ3n) is 8.80. The molecule has 50 heavy (non-hydrogen) atoms. The standard InChI is InChI=1S/C38H36N2O8S2/c1-45-35(41)33(39-37(43)47-19-31-27-15-7-3-11-23(27)24-12-4-8-16-28(24)31)21-49-50-22-34(36(42)46-2)40-38(44)48-20-32-29-17-9-5-13-25(29)26-14-6-10-18-30(26)32/h3-18,31-34H,19-22H2,1-2H3,(H,39,43)(H,40,44)/t33-,34-/m0/s1. The fourth-order valence-corrected chi connectivity index (χ4v) is 8.72. The molecule has 0 aliphatic heterocycles. The molecule has 0 saturated heterocycles. The number of carbonyl (C=O) groups is 4. The van der Waals surface area contributed by atoms with Gasteiger partial charge < -0.3 is 29.6 Å². The van der Waals surface area contributed by atoms with Gasteiger partial charge in [-0.05, 0) is 44.5 Å². The monoisotopic (exact) mass is 712 g/mol. The summed E-state index contributed by atoms with van der Waals surface area (Å²) in [6.45, 7) is 0.190. The first-order valence-electron chi connectivity index (χ1n) is 16.0. The Morgan fingerprint density at radius 3 is 1.14 bits per heavy atom. The molecule has 0 aromatic heterocycles. The average Bonchev–Trinajstić information content (AvgIpc) is 3.65. The van der Waals surface area contributed by atoms with E-state index in [1.807, 2.05) is 72.8 Å². The summed E-state index contributed by atoms with van der Waals surface area (Å²) in [7, 11) is 4.91. The Labute approximate surface area is 298 Å². The van der Waals surface area contributed by atoms with Crippen molar-refractivity contribution in [2.75, 3.05) is 38.9 Å². The van der Waals surface area contributed by atoms with Gasteiger partial charge in [0.2, 0.25) is 0 Å². The van der Waals surface area contributed by atoms with Crippen LogP contribution in [-0.2, 0) is 28.5 Å². The first-order chi connectivity index (χ1) is 24.4. The molecule has 2 aliphatic carbocycles. The van der Waals surface area contributed by atoms with Crippen LogP contribution in [0.2, 0.25) is 0 Å². The van der Waals surface area contributed by atoms with Crippen LogP contribution in [0.3, 0.4) is 0 Å². The number of methoxy groups -OCH3 is 2. The van der Waals surface area contributed by atoms with Gasteiger partial charge in [-0.25, -0.2) is 19.2 Å². The van der Waals surface area contributed by atoms with Crippen molar-refractivity contribution in [2.24, 2.45) is 0 Å². The molecule has 2 aliphatic rings. The van der Waals surface area contributed by atoms with Crippen LogP contribution >= 0.6 is 21.6 Å². The lowest BCUT2D eigenvalue weighted by atomic mass is 9.98. The van der Waals surface area contributed by atoms with E-state index in [9.17, 15) is 19.2 Å². The Hall–Kier alpha value is -4.94. The van der Waals surface area contributed by atoms with Crippen molar-refractivity contribution in [3.05, 3.63) is 119 Å². The summed E-state index contributed by atoms with van der Waals surface area (Å²) >= 11 is 0. The molecule has 258 valence electrons. The number of ether oxygens (including phenoxy) is 4. The van der Waals surface area contributed by atoms with E-state index in [0.717, 1.165) is 44.5 Å². The highest BCUT2D eigenvalue weighted by Gasteiger charge is 2.32. The van der Waals surface area contributed by atoms with Crippen molar-refractivity contribution in [1.29, 1.82) is 0 Å². The summed E-state index contributed by atoms with van der Waals surface area (Å²) in [5.74, 6) is -1.33. The van der Waals surface area contributed by atoms with Gasteiger partial charge in [0, 0.05) is 23.3 Å². The number of benzene rings is 4. The number of esters is 2. The fourth-order valence-electron chi connectivity index (χ4n) is 6.42. The summed E-state index contributed by atoms with van der Waals surface area (Å²) in [6.07, 6.45) is -1.51. The minimum absolute atomic E-state index is 0.0952. The third kappa shape index (κ3) is 7.61. The van der Waals surface area contributed by atoms with E-state index in [4.69, 9.17) is 18.9 Å². The van der Waals surface area contributed by atoms with Crippen LogP contribution in [0.25, 0.3) is 22.3 Å². The molecule has 6 rings (SSSR count). The van der Waals surface area contributed by atoms with Gasteiger partial charge in [-0.15, -0.1) is 0 Å². The van der Waals surface area contributed by atoms with Crippen molar-refractivity contribution in [3.63, 3.8) is 0 Å². The topological polar surface area (TPSA) is 129 Å². The highest BCUT2D eigenvalue weighted by molar-refractivity contribution is 8.76. The fraction of sp³-hybridized carbons (Fsp3) is 0.263. The summed E-state index contributed by atoms with van der Waals surface area (Å²) in [4.78, 5) is 50.8. The van der Waals surface area contributed by atoms with Crippen molar-refractivity contribution in [1.82, 2.24) is 10.6 Å². The lowest BCUT2D eigenvalue weighted by molar-refractivity contribution is -0.143. The van der Waals surface area contributed by atoms with Crippen LogP contribution in [0.1, 0.15) is 34.1 Å². The number of fused-ring (bicyclic) bond motifs is 6. The molecule has 0 saturated carbocycles. The van der Waals surface area contributed by atoms with Gasteiger partial charge in [0.25, 0.3) is 0 Å². The van der Waals surface area contributed by atoms with Crippen molar-refractivity contribution in [2.45, 2.75) is 23.9 Å². The van der Waals surface area contributed by atoms with E-state index in [2.05, 4.69) is 34.9 Å². The Bertz CT molecular complexity index is 1660. The molecule has 10 nitrogen and oxygen atoms in total. The van der Waals surface area contributed by atoms with Gasteiger partial charge in [0.15, 0.2) is 0 Å². The summed E-state index contributed by atoms with van der Waals surface area (Å²) < 4.78 is 21.0. The number of rotatable bonds is 13. The predicted octanol–water partition coefficient (Wildman–Crippen LogP) is 6.53. The van der Waals surface area contributed by atoms with Gasteiger partial charge in [-0.2, -0.15) is 0 Å². The SMILES string of the molecule is COC(=O)[C@H](CSSC[C@H](NC(=O)OCC1c2ccccc2-c2ccccc21)C(=O)OC)NC(=O)OCC1c2ccccc2-c2ccccc21. The maximum atomic E-state index is 12.9. The molecule has 4 aromatic carbocycles. The van der Waals surface area contributed by atoms with Gasteiger partial charge in [0.05, 0.1) is 14.2 Å². The van der Waals surface area contributed by atoms with Crippen LogP contribution in [-0.4, -0.2) is 75.1 Å². The maximum Gasteiger partial charge on any atom is 0.407 e. The molecule has 2 atom stereocenters. The molecule has 0 radical (unpaired) electrons. The molecule has 2 amide bonds. The number of hydrogen-bond donors (Lipinski definition) is 2. The van der Waals surface area contributed by atoms with E-state index in [-0.39, 0.29) is 36.6 Å². The number of nitrogens with one attached hydrogen (secondary N) is 2. The first kappa shape index (κ1) is 34.9. The molecule has 0 bridgehead atoms. The van der Waals surface area contributed by atoms with Gasteiger partial charge >= 0.3 is 24.1 Å². The Morgan fingerprint density at radius 2 is 0.840 bits per heavy atom. The smallest absolute Gasteiger partial charge is 0.407 e. The van der Waals surface area contributed by atoms with E-state index >= 15 is 0 Å². The molecule has 0 spiro atoms. The summed E-state index contributed by atoms with van der Waals surface area (Å²) in [6, 6.07) is 30.0. The van der Waals surface area contributed by atoms with Crippen LogP contribution in [0.4, 0.5) is 9.59 Å². The van der Waals surface area contributed by atoms with Crippen LogP contribution in [0, 0.1) is 0 Å². The zero-order valence-electron chi connectivity index (χ0n) is 27.5. The van der Waals surface area contributed by atoms with Crippen molar-refractivity contribution in [3.8, 4) is 22.3 Å². The van der Waals surface area contributed by atoms with Gasteiger partial charge in [0.1, 0.15) is 25.3 Å². The lowest BCUT2D eigenvalue weighted by Gasteiger charge is -2.19. The average molecular weight is 713 g/mol. The minimum atomic E-state index is -1.01. The molecule has 2 N–H and O–H groups in total. The molecule has 4 aromatic rings. The Balaban J connectivity index is 0.985. The van der Waals surface area contributed by atoms with Crippen LogP contribution in [0.5, 0.6) is 0 Å². The zero-order chi connectivity index (χ0) is 35.0. The molecule has 0 heterocycles. The van der Waals surface area contributed by atoms with E-state index < -0.39 is 36.2 Å². The van der Waals surface area contributed by atoms with Crippen LogP contribution < -0.4 is 10.6 Å². The molecular formula is C38H36N2O8S2. The highest BCUT2D eigenvalue weighted by Crippen LogP contribution is 2.45. The van der Waals surface area contributed by atoms with E-state index in [1.165, 1.54) is 35.8 Å². The highest BCUT2D eigenvalue weighted by atomic mass is 33.1. The number of hydrogen-bond acceptors (Lipinski definition) is 10. The van der Waals surface area contributed by atoms with E-state index in [1.54, 1.807) is 0 Å². The molecule has 0 unspecified atom stereocenters. The Kier molecular flexibility index (Phi) is 11.3. The molecule has 0 fully saturated rings. The van der Waals surface area contributed by atoms with E-state index in [0.29, 0.717) is 0 Å². The van der Waals surface area contributed by atoms with Crippen molar-refractivity contribution < 1.29 is 38.1 Å². The second kappa shape index (κ2) is 16.2. The third-order valence-corrected chi connectivity index (χ3v) is 11.2. The van der Waals surface area contributed by atoms with Gasteiger partial charge in [-0.3, -0.25) is 0 Å². The number of amides is 2. The number of alkyl carbamates (subject to hydrolysis) is 2. The maximum absolute atomic E-state index is 12.9. The molecular weight excluding hydrogens is 677 g/mol.